The SMILES string of the molecule is CN(C)S(=O)(=O)c1ccc(OCCN2C(=O)NC3(CCc4ccccc4C3)C2=O)cc1. The molecule has 0 radical (unpaired) electrons. The van der Waals surface area contributed by atoms with E-state index in [4.69, 9.17) is 4.74 Å². The lowest BCUT2D eigenvalue weighted by Gasteiger charge is -2.32. The zero-order valence-electron chi connectivity index (χ0n) is 17.5. The number of carbonyl (C=O) groups excluding carboxylic acids is 2. The number of imide groups is 1. The highest BCUT2D eigenvalue weighted by atomic mass is 32.2. The summed E-state index contributed by atoms with van der Waals surface area (Å²) in [7, 11) is -0.571. The predicted octanol–water partition coefficient (Wildman–Crippen LogP) is 1.80. The Kier molecular flexibility index (Phi) is 5.49. The van der Waals surface area contributed by atoms with E-state index in [1.807, 2.05) is 18.2 Å². The summed E-state index contributed by atoms with van der Waals surface area (Å²) in [5.41, 5.74) is 1.43. The molecule has 0 saturated carbocycles. The fourth-order valence-corrected chi connectivity index (χ4v) is 4.98. The van der Waals surface area contributed by atoms with Crippen LogP contribution in [-0.2, 0) is 27.7 Å². The van der Waals surface area contributed by atoms with Crippen LogP contribution < -0.4 is 10.1 Å². The van der Waals surface area contributed by atoms with Gasteiger partial charge in [0.25, 0.3) is 5.91 Å². The summed E-state index contributed by atoms with van der Waals surface area (Å²) >= 11 is 0. The molecule has 2 aromatic rings. The van der Waals surface area contributed by atoms with Crippen LogP contribution >= 0.6 is 0 Å². The lowest BCUT2D eigenvalue weighted by molar-refractivity contribution is -0.132. The van der Waals surface area contributed by atoms with E-state index in [2.05, 4.69) is 11.4 Å². The first kappa shape index (κ1) is 21.3. The highest BCUT2D eigenvalue weighted by molar-refractivity contribution is 7.89. The number of nitrogens with zero attached hydrogens (tertiary/aromatic N) is 2. The van der Waals surface area contributed by atoms with Crippen molar-refractivity contribution in [2.45, 2.75) is 29.7 Å². The van der Waals surface area contributed by atoms with E-state index in [0.29, 0.717) is 18.6 Å². The van der Waals surface area contributed by atoms with Crippen molar-refractivity contribution >= 4 is 22.0 Å². The van der Waals surface area contributed by atoms with Crippen LogP contribution in [0.5, 0.6) is 5.75 Å². The van der Waals surface area contributed by atoms with Crippen molar-refractivity contribution in [1.29, 1.82) is 0 Å². The Balaban J connectivity index is 1.38. The van der Waals surface area contributed by atoms with Gasteiger partial charge in [0.1, 0.15) is 17.9 Å². The number of benzene rings is 2. The number of amides is 3. The Hall–Kier alpha value is -2.91. The van der Waals surface area contributed by atoms with Crippen molar-refractivity contribution in [3.8, 4) is 5.75 Å². The predicted molar refractivity (Wildman–Crippen MR) is 114 cm³/mol. The van der Waals surface area contributed by atoms with Crippen molar-refractivity contribution < 1.29 is 22.7 Å². The number of aryl methyl sites for hydroxylation is 1. The fraction of sp³-hybridized carbons (Fsp3) is 0.364. The van der Waals surface area contributed by atoms with E-state index in [-0.39, 0.29) is 24.0 Å². The molecule has 1 heterocycles. The molecule has 2 aliphatic rings. The minimum atomic E-state index is -3.51. The van der Waals surface area contributed by atoms with Gasteiger partial charge >= 0.3 is 6.03 Å². The smallest absolute Gasteiger partial charge is 0.325 e. The zero-order chi connectivity index (χ0) is 22.2. The molecule has 4 rings (SSSR count). The molecular formula is C22H25N3O5S. The first-order valence-corrected chi connectivity index (χ1v) is 11.5. The maximum atomic E-state index is 13.1. The second-order valence-corrected chi connectivity index (χ2v) is 10.2. The standard InChI is InChI=1S/C22H25N3O5S/c1-24(2)31(28,29)19-9-7-18(8-10-19)30-14-13-25-20(26)22(23-21(25)27)12-11-16-5-3-4-6-17(16)15-22/h3-10H,11-15H2,1-2H3,(H,23,27). The largest absolute Gasteiger partial charge is 0.492 e. The Bertz CT molecular complexity index is 1110. The normalized spacial score (nSPS) is 20.8. The van der Waals surface area contributed by atoms with E-state index in [1.165, 1.54) is 36.7 Å². The molecule has 1 aliphatic carbocycles. The van der Waals surface area contributed by atoms with Crippen molar-refractivity contribution in [2.24, 2.45) is 0 Å². The third kappa shape index (κ3) is 3.90. The highest BCUT2D eigenvalue weighted by Crippen LogP contribution is 2.33. The molecule has 8 nitrogen and oxygen atoms in total. The molecule has 1 N–H and O–H groups in total. The maximum absolute atomic E-state index is 13.1. The van der Waals surface area contributed by atoms with Gasteiger partial charge in [-0.2, -0.15) is 0 Å². The van der Waals surface area contributed by atoms with Crippen molar-refractivity contribution in [2.75, 3.05) is 27.2 Å². The van der Waals surface area contributed by atoms with E-state index in [1.54, 1.807) is 12.1 Å². The first-order valence-electron chi connectivity index (χ1n) is 10.1. The molecule has 0 aromatic heterocycles. The van der Waals surface area contributed by atoms with Crippen molar-refractivity contribution in [3.05, 3.63) is 59.7 Å². The minimum absolute atomic E-state index is 0.117. The fourth-order valence-electron chi connectivity index (χ4n) is 4.08. The van der Waals surface area contributed by atoms with E-state index in [9.17, 15) is 18.0 Å². The van der Waals surface area contributed by atoms with Gasteiger partial charge in [-0.15, -0.1) is 0 Å². The quantitative estimate of drug-likeness (QED) is 0.687. The number of rotatable bonds is 6. The zero-order valence-corrected chi connectivity index (χ0v) is 18.3. The molecule has 3 amide bonds. The lowest BCUT2D eigenvalue weighted by Crippen LogP contribution is -2.51. The van der Waals surface area contributed by atoms with Gasteiger partial charge in [0, 0.05) is 20.5 Å². The van der Waals surface area contributed by atoms with Gasteiger partial charge < -0.3 is 10.1 Å². The van der Waals surface area contributed by atoms with Gasteiger partial charge in [-0.1, -0.05) is 24.3 Å². The van der Waals surface area contributed by atoms with Gasteiger partial charge in [0.05, 0.1) is 11.4 Å². The molecule has 164 valence electrons. The number of sulfonamides is 1. The second-order valence-electron chi connectivity index (χ2n) is 8.02. The highest BCUT2D eigenvalue weighted by Gasteiger charge is 2.52. The van der Waals surface area contributed by atoms with Gasteiger partial charge in [-0.05, 0) is 48.2 Å². The molecule has 1 saturated heterocycles. The summed E-state index contributed by atoms with van der Waals surface area (Å²) in [6.07, 6.45) is 1.81. The summed E-state index contributed by atoms with van der Waals surface area (Å²) < 4.78 is 31.0. The molecule has 0 bridgehead atoms. The Morgan fingerprint density at radius 1 is 1.06 bits per heavy atom. The third-order valence-electron chi connectivity index (χ3n) is 5.86. The topological polar surface area (TPSA) is 96.0 Å². The van der Waals surface area contributed by atoms with Gasteiger partial charge in [-0.25, -0.2) is 17.5 Å². The average molecular weight is 444 g/mol. The van der Waals surface area contributed by atoms with Gasteiger partial charge in [0.15, 0.2) is 0 Å². The van der Waals surface area contributed by atoms with Gasteiger partial charge in [-0.3, -0.25) is 9.69 Å². The van der Waals surface area contributed by atoms with Crippen LogP contribution in [0.3, 0.4) is 0 Å². The summed E-state index contributed by atoms with van der Waals surface area (Å²) in [5, 5.41) is 2.90. The van der Waals surface area contributed by atoms with Crippen molar-refractivity contribution in [3.63, 3.8) is 0 Å². The summed E-state index contributed by atoms with van der Waals surface area (Å²) in [6.45, 7) is 0.234. The van der Waals surface area contributed by atoms with Gasteiger partial charge in [0.2, 0.25) is 10.0 Å². The van der Waals surface area contributed by atoms with Crippen LogP contribution in [0.15, 0.2) is 53.4 Å². The molecule has 31 heavy (non-hydrogen) atoms. The summed E-state index contributed by atoms with van der Waals surface area (Å²) in [6, 6.07) is 13.6. The Morgan fingerprint density at radius 2 is 1.74 bits per heavy atom. The van der Waals surface area contributed by atoms with E-state index in [0.717, 1.165) is 16.3 Å². The van der Waals surface area contributed by atoms with Crippen LogP contribution in [0, 0.1) is 0 Å². The number of carbonyl (C=O) groups is 2. The molecule has 1 aliphatic heterocycles. The number of hydrogen-bond acceptors (Lipinski definition) is 5. The average Bonchev–Trinajstić information content (AvgIpc) is 2.97. The van der Waals surface area contributed by atoms with Crippen molar-refractivity contribution in [1.82, 2.24) is 14.5 Å². The molecular weight excluding hydrogens is 418 g/mol. The van der Waals surface area contributed by atoms with Crippen LogP contribution in [0.4, 0.5) is 4.79 Å². The molecule has 2 aromatic carbocycles. The Labute approximate surface area is 181 Å². The van der Waals surface area contributed by atoms with Crippen LogP contribution in [0.2, 0.25) is 0 Å². The third-order valence-corrected chi connectivity index (χ3v) is 7.69. The molecule has 9 heteroatoms. The molecule has 1 fully saturated rings. The minimum Gasteiger partial charge on any atom is -0.492 e. The lowest BCUT2D eigenvalue weighted by atomic mass is 9.78. The van der Waals surface area contributed by atoms with Crippen LogP contribution in [0.1, 0.15) is 17.5 Å². The second kappa shape index (κ2) is 7.97. The molecule has 1 unspecified atom stereocenters. The Morgan fingerprint density at radius 3 is 2.42 bits per heavy atom. The number of fused-ring (bicyclic) bond motifs is 1. The number of urea groups is 1. The summed E-state index contributed by atoms with van der Waals surface area (Å²) in [4.78, 5) is 27.0. The summed E-state index contributed by atoms with van der Waals surface area (Å²) in [5.74, 6) is 0.245. The maximum Gasteiger partial charge on any atom is 0.325 e. The number of hydrogen-bond donors (Lipinski definition) is 1. The van der Waals surface area contributed by atoms with Crippen LogP contribution in [-0.4, -0.2) is 62.3 Å². The van der Waals surface area contributed by atoms with Crippen LogP contribution in [0.25, 0.3) is 0 Å². The van der Waals surface area contributed by atoms with E-state index >= 15 is 0 Å². The number of ether oxygens (including phenoxy) is 1. The van der Waals surface area contributed by atoms with E-state index < -0.39 is 21.6 Å². The molecule has 1 spiro atoms. The molecule has 1 atom stereocenters. The monoisotopic (exact) mass is 443 g/mol. The number of nitrogens with one attached hydrogen (secondary N) is 1. The first-order chi connectivity index (χ1) is 14.7.